The smallest absolute Gasteiger partial charge is 0.305 e. The summed E-state index contributed by atoms with van der Waals surface area (Å²) < 4.78 is 5.45. The normalized spacial score (nSPS) is 12.9. The van der Waals surface area contributed by atoms with Crippen LogP contribution in [0, 0.1) is 0 Å². The molecule has 1 amide bonds. The van der Waals surface area contributed by atoms with Gasteiger partial charge in [0.2, 0.25) is 5.91 Å². The number of carbonyl (C=O) groups excluding carboxylic acids is 2. The van der Waals surface area contributed by atoms with Crippen molar-refractivity contribution >= 4 is 11.9 Å². The summed E-state index contributed by atoms with van der Waals surface area (Å²) in [6.07, 6.45) is 58.6. The van der Waals surface area contributed by atoms with Crippen LogP contribution in [-0.4, -0.2) is 47.4 Å². The Labute approximate surface area is 366 Å². The van der Waals surface area contributed by atoms with E-state index in [4.69, 9.17) is 4.74 Å². The van der Waals surface area contributed by atoms with Gasteiger partial charge in [0.05, 0.1) is 25.4 Å². The van der Waals surface area contributed by atoms with E-state index in [-0.39, 0.29) is 18.5 Å². The summed E-state index contributed by atoms with van der Waals surface area (Å²) in [5, 5.41) is 23.0. The van der Waals surface area contributed by atoms with Gasteiger partial charge in [-0.3, -0.25) is 9.59 Å². The number of esters is 1. The van der Waals surface area contributed by atoms with Gasteiger partial charge in [-0.05, 0) is 83.5 Å². The first kappa shape index (κ1) is 57.1. The van der Waals surface area contributed by atoms with Crippen molar-refractivity contribution in [2.45, 2.75) is 276 Å². The van der Waals surface area contributed by atoms with Gasteiger partial charge in [0.1, 0.15) is 0 Å². The second-order valence-corrected chi connectivity index (χ2v) is 17.5. The van der Waals surface area contributed by atoms with E-state index in [9.17, 15) is 19.8 Å². The Balaban J connectivity index is 3.49. The number of carbonyl (C=O) groups is 2. The SMILES string of the molecule is CCCCCC/C=C\CCCCCCCC(=O)OCCCCCCCC/C=C\CCCCCCCCCC(=O)NC(CO)C(O)/C=C/CCCCCCCCCCCC. The lowest BCUT2D eigenvalue weighted by Crippen LogP contribution is -2.45. The van der Waals surface area contributed by atoms with Gasteiger partial charge in [-0.25, -0.2) is 0 Å². The molecule has 0 aliphatic heterocycles. The predicted octanol–water partition coefficient (Wildman–Crippen LogP) is 15.3. The molecule has 0 saturated heterocycles. The molecule has 2 atom stereocenters. The number of allylic oxidation sites excluding steroid dienone is 5. The topological polar surface area (TPSA) is 95.9 Å². The minimum Gasteiger partial charge on any atom is -0.466 e. The van der Waals surface area contributed by atoms with Crippen molar-refractivity contribution in [2.24, 2.45) is 0 Å². The second-order valence-electron chi connectivity index (χ2n) is 17.5. The molecule has 0 radical (unpaired) electrons. The number of aliphatic hydroxyl groups is 2. The van der Waals surface area contributed by atoms with Gasteiger partial charge in [0, 0.05) is 12.8 Å². The largest absolute Gasteiger partial charge is 0.466 e. The molecule has 0 rings (SSSR count). The van der Waals surface area contributed by atoms with Gasteiger partial charge >= 0.3 is 5.97 Å². The highest BCUT2D eigenvalue weighted by atomic mass is 16.5. The van der Waals surface area contributed by atoms with Crippen LogP contribution in [0.4, 0.5) is 0 Å². The third kappa shape index (κ3) is 45.4. The molecule has 0 aliphatic rings. The van der Waals surface area contributed by atoms with E-state index in [1.54, 1.807) is 6.08 Å². The summed E-state index contributed by atoms with van der Waals surface area (Å²) in [4.78, 5) is 24.4. The van der Waals surface area contributed by atoms with Crippen molar-refractivity contribution in [1.82, 2.24) is 5.32 Å². The molecule has 0 bridgehead atoms. The van der Waals surface area contributed by atoms with Crippen molar-refractivity contribution < 1.29 is 24.5 Å². The van der Waals surface area contributed by atoms with E-state index in [1.807, 2.05) is 6.08 Å². The van der Waals surface area contributed by atoms with Crippen LogP contribution in [-0.2, 0) is 14.3 Å². The first-order valence-electron chi connectivity index (χ1n) is 25.8. The fraction of sp³-hybridized carbons (Fsp3) is 0.849. The molecule has 0 aromatic carbocycles. The summed E-state index contributed by atoms with van der Waals surface area (Å²) in [5.74, 6) is -0.0947. The maximum absolute atomic E-state index is 12.4. The third-order valence-corrected chi connectivity index (χ3v) is 11.6. The third-order valence-electron chi connectivity index (χ3n) is 11.6. The van der Waals surface area contributed by atoms with E-state index < -0.39 is 12.1 Å². The Hall–Kier alpha value is -1.92. The van der Waals surface area contributed by atoms with E-state index in [1.165, 1.54) is 180 Å². The zero-order valence-corrected chi connectivity index (χ0v) is 39.2. The van der Waals surface area contributed by atoms with Gasteiger partial charge in [-0.1, -0.05) is 204 Å². The molecular weight excluding hydrogens is 731 g/mol. The molecule has 0 fully saturated rings. The van der Waals surface area contributed by atoms with E-state index in [2.05, 4.69) is 43.5 Å². The van der Waals surface area contributed by atoms with Crippen LogP contribution in [0.1, 0.15) is 264 Å². The Kier molecular flexibility index (Phi) is 47.2. The summed E-state index contributed by atoms with van der Waals surface area (Å²) in [6, 6.07) is -0.636. The minimum absolute atomic E-state index is 0.0128. The van der Waals surface area contributed by atoms with Crippen LogP contribution < -0.4 is 5.32 Å². The number of amides is 1. The van der Waals surface area contributed by atoms with Crippen LogP contribution in [0.5, 0.6) is 0 Å². The average molecular weight is 830 g/mol. The highest BCUT2D eigenvalue weighted by molar-refractivity contribution is 5.76. The van der Waals surface area contributed by atoms with Gasteiger partial charge in [0.25, 0.3) is 0 Å². The molecule has 0 heterocycles. The number of aliphatic hydroxyl groups excluding tert-OH is 2. The number of hydrogen-bond donors (Lipinski definition) is 3. The maximum atomic E-state index is 12.4. The summed E-state index contributed by atoms with van der Waals surface area (Å²) in [6.45, 7) is 4.85. The van der Waals surface area contributed by atoms with Crippen molar-refractivity contribution in [3.8, 4) is 0 Å². The molecular formula is C53H99NO5. The van der Waals surface area contributed by atoms with Crippen molar-refractivity contribution in [2.75, 3.05) is 13.2 Å². The summed E-state index contributed by atoms with van der Waals surface area (Å²) in [7, 11) is 0. The van der Waals surface area contributed by atoms with Crippen molar-refractivity contribution in [1.29, 1.82) is 0 Å². The monoisotopic (exact) mass is 830 g/mol. The zero-order valence-electron chi connectivity index (χ0n) is 39.2. The van der Waals surface area contributed by atoms with Gasteiger partial charge in [-0.15, -0.1) is 0 Å². The first-order valence-corrected chi connectivity index (χ1v) is 25.8. The van der Waals surface area contributed by atoms with Crippen molar-refractivity contribution in [3.63, 3.8) is 0 Å². The predicted molar refractivity (Wildman–Crippen MR) is 255 cm³/mol. The van der Waals surface area contributed by atoms with Crippen LogP contribution in [0.3, 0.4) is 0 Å². The van der Waals surface area contributed by atoms with Crippen LogP contribution in [0.25, 0.3) is 0 Å². The molecule has 6 nitrogen and oxygen atoms in total. The molecule has 6 heteroatoms. The molecule has 0 aromatic rings. The van der Waals surface area contributed by atoms with Crippen molar-refractivity contribution in [3.05, 3.63) is 36.5 Å². The molecule has 0 saturated carbocycles. The Morgan fingerprint density at radius 1 is 0.458 bits per heavy atom. The lowest BCUT2D eigenvalue weighted by Gasteiger charge is -2.20. The highest BCUT2D eigenvalue weighted by Gasteiger charge is 2.18. The number of rotatable bonds is 47. The number of nitrogens with one attached hydrogen (secondary N) is 1. The molecule has 3 N–H and O–H groups in total. The molecule has 0 aliphatic carbocycles. The van der Waals surface area contributed by atoms with Crippen LogP contribution in [0.15, 0.2) is 36.5 Å². The number of ether oxygens (including phenoxy) is 1. The lowest BCUT2D eigenvalue weighted by molar-refractivity contribution is -0.143. The van der Waals surface area contributed by atoms with E-state index >= 15 is 0 Å². The van der Waals surface area contributed by atoms with Crippen LogP contribution >= 0.6 is 0 Å². The summed E-state index contributed by atoms with van der Waals surface area (Å²) >= 11 is 0. The van der Waals surface area contributed by atoms with Gasteiger partial charge < -0.3 is 20.3 Å². The first-order chi connectivity index (χ1) is 29.0. The number of hydrogen-bond acceptors (Lipinski definition) is 5. The fourth-order valence-corrected chi connectivity index (χ4v) is 7.62. The average Bonchev–Trinajstić information content (AvgIpc) is 3.24. The van der Waals surface area contributed by atoms with Gasteiger partial charge in [0.15, 0.2) is 0 Å². The molecule has 0 spiro atoms. The zero-order chi connectivity index (χ0) is 43.0. The Morgan fingerprint density at radius 2 is 0.797 bits per heavy atom. The van der Waals surface area contributed by atoms with E-state index in [0.717, 1.165) is 57.8 Å². The molecule has 2 unspecified atom stereocenters. The lowest BCUT2D eigenvalue weighted by atomic mass is 10.1. The highest BCUT2D eigenvalue weighted by Crippen LogP contribution is 2.14. The minimum atomic E-state index is -0.851. The molecule has 0 aromatic heterocycles. The molecule has 346 valence electrons. The quantitative estimate of drug-likeness (QED) is 0.0323. The van der Waals surface area contributed by atoms with Crippen LogP contribution in [0.2, 0.25) is 0 Å². The fourth-order valence-electron chi connectivity index (χ4n) is 7.62. The molecule has 59 heavy (non-hydrogen) atoms. The number of unbranched alkanes of at least 4 members (excludes halogenated alkanes) is 32. The second kappa shape index (κ2) is 48.7. The standard InChI is InChI=1S/C53H99NO5/c1-3-5-7-9-11-13-15-22-27-31-35-39-43-47-53(58)59-48-44-40-36-32-28-24-21-19-17-18-20-23-26-30-34-38-42-46-52(57)54-50(49-55)51(56)45-41-37-33-29-25-16-14-12-10-8-6-4-2/h13,15,17,19,41,45,50-51,55-56H,3-12,14,16,18,20-40,42-44,46-49H2,1-2H3,(H,54,57)/b15-13-,19-17-,45-41+. The summed E-state index contributed by atoms with van der Waals surface area (Å²) in [5.41, 5.74) is 0. The Bertz CT molecular complexity index is 962. The van der Waals surface area contributed by atoms with Gasteiger partial charge in [-0.2, -0.15) is 0 Å². The van der Waals surface area contributed by atoms with E-state index in [0.29, 0.717) is 19.4 Å². The Morgan fingerprint density at radius 3 is 1.22 bits per heavy atom. The maximum Gasteiger partial charge on any atom is 0.305 e.